The normalized spacial score (nSPS) is 10.8. The van der Waals surface area contributed by atoms with Gasteiger partial charge >= 0.3 is 0 Å². The molecule has 0 amide bonds. The van der Waals surface area contributed by atoms with E-state index in [-0.39, 0.29) is 5.78 Å². The lowest BCUT2D eigenvalue weighted by Gasteiger charge is -2.15. The number of para-hydroxylation sites is 1. The van der Waals surface area contributed by atoms with Crippen molar-refractivity contribution in [2.75, 3.05) is 11.9 Å². The van der Waals surface area contributed by atoms with Crippen molar-refractivity contribution in [1.82, 2.24) is 4.57 Å². The van der Waals surface area contributed by atoms with Crippen molar-refractivity contribution in [2.45, 2.75) is 40.5 Å². The SMILES string of the molecule is CCc1cccc(CC)c1NCC(=O)c1cc(C)n(C)c1C. The molecule has 0 saturated carbocycles. The highest BCUT2D eigenvalue weighted by atomic mass is 16.1. The Labute approximate surface area is 133 Å². The fraction of sp³-hybridized carbons (Fsp3) is 0.421. The first kappa shape index (κ1) is 16.3. The van der Waals surface area contributed by atoms with Crippen LogP contribution >= 0.6 is 0 Å². The Hall–Kier alpha value is -2.03. The number of anilines is 1. The van der Waals surface area contributed by atoms with E-state index < -0.39 is 0 Å². The third-order valence-corrected chi connectivity index (χ3v) is 4.50. The lowest BCUT2D eigenvalue weighted by atomic mass is 10.0. The molecule has 0 spiro atoms. The van der Waals surface area contributed by atoms with Crippen LogP contribution in [0.3, 0.4) is 0 Å². The first-order valence-electron chi connectivity index (χ1n) is 8.00. The van der Waals surface area contributed by atoms with Crippen LogP contribution in [0.5, 0.6) is 0 Å². The van der Waals surface area contributed by atoms with Crippen LogP contribution in [0.2, 0.25) is 0 Å². The number of carbonyl (C=O) groups excluding carboxylic acids is 1. The Morgan fingerprint density at radius 3 is 2.18 bits per heavy atom. The van der Waals surface area contributed by atoms with Gasteiger partial charge in [-0.1, -0.05) is 32.0 Å². The molecule has 0 aliphatic carbocycles. The smallest absolute Gasteiger partial charge is 0.183 e. The summed E-state index contributed by atoms with van der Waals surface area (Å²) >= 11 is 0. The first-order chi connectivity index (χ1) is 10.5. The van der Waals surface area contributed by atoms with Crippen LogP contribution in [-0.4, -0.2) is 16.9 Å². The monoisotopic (exact) mass is 298 g/mol. The van der Waals surface area contributed by atoms with Crippen molar-refractivity contribution < 1.29 is 4.79 Å². The fourth-order valence-electron chi connectivity index (χ4n) is 2.87. The largest absolute Gasteiger partial charge is 0.377 e. The summed E-state index contributed by atoms with van der Waals surface area (Å²) in [6.07, 6.45) is 1.93. The third kappa shape index (κ3) is 3.08. The zero-order chi connectivity index (χ0) is 16.3. The zero-order valence-electron chi connectivity index (χ0n) is 14.3. The molecule has 0 unspecified atom stereocenters. The van der Waals surface area contributed by atoms with E-state index in [1.54, 1.807) is 0 Å². The summed E-state index contributed by atoms with van der Waals surface area (Å²) in [5.74, 6) is 0.147. The molecule has 3 nitrogen and oxygen atoms in total. The van der Waals surface area contributed by atoms with Gasteiger partial charge in [0.05, 0.1) is 6.54 Å². The molecule has 0 aliphatic heterocycles. The summed E-state index contributed by atoms with van der Waals surface area (Å²) < 4.78 is 2.06. The second-order valence-electron chi connectivity index (χ2n) is 5.78. The summed E-state index contributed by atoms with van der Waals surface area (Å²) in [6, 6.07) is 8.33. The Morgan fingerprint density at radius 2 is 1.73 bits per heavy atom. The number of rotatable bonds is 6. The number of aromatic nitrogens is 1. The van der Waals surface area contributed by atoms with E-state index in [2.05, 4.69) is 41.9 Å². The number of nitrogens with one attached hydrogen (secondary N) is 1. The van der Waals surface area contributed by atoms with Gasteiger partial charge in [0.15, 0.2) is 5.78 Å². The molecule has 0 atom stereocenters. The minimum absolute atomic E-state index is 0.147. The van der Waals surface area contributed by atoms with E-state index in [1.165, 1.54) is 11.1 Å². The predicted octanol–water partition coefficient (Wildman–Crippen LogP) is 4.06. The molecule has 118 valence electrons. The molecule has 2 rings (SSSR count). The molecule has 0 saturated heterocycles. The summed E-state index contributed by atoms with van der Waals surface area (Å²) in [4.78, 5) is 12.5. The minimum Gasteiger partial charge on any atom is -0.377 e. The average molecular weight is 298 g/mol. The van der Waals surface area contributed by atoms with Gasteiger partial charge in [0.1, 0.15) is 0 Å². The topological polar surface area (TPSA) is 34.0 Å². The van der Waals surface area contributed by atoms with Crippen LogP contribution in [-0.2, 0) is 19.9 Å². The van der Waals surface area contributed by atoms with Crippen LogP contribution in [0.15, 0.2) is 24.3 Å². The molecule has 1 aromatic heterocycles. The van der Waals surface area contributed by atoms with E-state index in [4.69, 9.17) is 0 Å². The average Bonchev–Trinajstić information content (AvgIpc) is 2.79. The van der Waals surface area contributed by atoms with Gasteiger partial charge in [-0.2, -0.15) is 0 Å². The molecule has 1 heterocycles. The molecule has 0 fully saturated rings. The third-order valence-electron chi connectivity index (χ3n) is 4.50. The highest BCUT2D eigenvalue weighted by molar-refractivity contribution is 6.00. The van der Waals surface area contributed by atoms with Crippen molar-refractivity contribution in [3.63, 3.8) is 0 Å². The molecule has 2 aromatic rings. The van der Waals surface area contributed by atoms with Crippen LogP contribution in [0.1, 0.15) is 46.7 Å². The Balaban J connectivity index is 2.19. The number of benzene rings is 1. The molecular formula is C19H26N2O. The lowest BCUT2D eigenvalue weighted by Crippen LogP contribution is -2.16. The van der Waals surface area contributed by atoms with E-state index in [0.717, 1.165) is 35.5 Å². The molecule has 0 aliphatic rings. The quantitative estimate of drug-likeness (QED) is 0.816. The van der Waals surface area contributed by atoms with E-state index in [9.17, 15) is 4.79 Å². The minimum atomic E-state index is 0.147. The van der Waals surface area contributed by atoms with E-state index in [1.807, 2.05) is 27.0 Å². The van der Waals surface area contributed by atoms with Crippen LogP contribution in [0, 0.1) is 13.8 Å². The number of aryl methyl sites for hydroxylation is 3. The maximum atomic E-state index is 12.5. The summed E-state index contributed by atoms with van der Waals surface area (Å²) in [5.41, 5.74) is 6.64. The van der Waals surface area contributed by atoms with E-state index in [0.29, 0.717) is 6.54 Å². The highest BCUT2D eigenvalue weighted by Gasteiger charge is 2.15. The van der Waals surface area contributed by atoms with Gasteiger partial charge in [-0.25, -0.2) is 0 Å². The maximum absolute atomic E-state index is 12.5. The van der Waals surface area contributed by atoms with Crippen LogP contribution in [0.4, 0.5) is 5.69 Å². The maximum Gasteiger partial charge on any atom is 0.183 e. The van der Waals surface area contributed by atoms with Gasteiger partial charge in [-0.3, -0.25) is 4.79 Å². The van der Waals surface area contributed by atoms with Gasteiger partial charge in [0, 0.05) is 29.7 Å². The molecule has 0 radical (unpaired) electrons. The molecule has 1 aromatic carbocycles. The molecule has 3 heteroatoms. The van der Waals surface area contributed by atoms with Crippen LogP contribution in [0.25, 0.3) is 0 Å². The number of Topliss-reactive ketones (excluding diaryl/α,β-unsaturated/α-hetero) is 1. The second-order valence-corrected chi connectivity index (χ2v) is 5.78. The molecule has 22 heavy (non-hydrogen) atoms. The summed E-state index contributed by atoms with van der Waals surface area (Å²) in [5, 5.41) is 3.38. The predicted molar refractivity (Wildman–Crippen MR) is 92.9 cm³/mol. The van der Waals surface area contributed by atoms with Crippen molar-refractivity contribution in [3.8, 4) is 0 Å². The van der Waals surface area contributed by atoms with Gasteiger partial charge in [0.2, 0.25) is 0 Å². The van der Waals surface area contributed by atoms with E-state index >= 15 is 0 Å². The Kier molecular flexibility index (Phi) is 5.07. The second kappa shape index (κ2) is 6.82. The van der Waals surface area contributed by atoms with Crippen molar-refractivity contribution in [1.29, 1.82) is 0 Å². The number of nitrogens with zero attached hydrogens (tertiary/aromatic N) is 1. The van der Waals surface area contributed by atoms with Crippen molar-refractivity contribution >= 4 is 11.5 Å². The first-order valence-corrected chi connectivity index (χ1v) is 8.00. The van der Waals surface area contributed by atoms with Gasteiger partial charge in [-0.05, 0) is 43.9 Å². The molecule has 0 bridgehead atoms. The van der Waals surface area contributed by atoms with Gasteiger partial charge in [0.25, 0.3) is 0 Å². The summed E-state index contributed by atoms with van der Waals surface area (Å²) in [7, 11) is 2.00. The van der Waals surface area contributed by atoms with Crippen molar-refractivity contribution in [2.24, 2.45) is 7.05 Å². The number of carbonyl (C=O) groups is 1. The summed E-state index contributed by atoms with van der Waals surface area (Å²) in [6.45, 7) is 8.66. The Bertz CT molecular complexity index is 661. The molecular weight excluding hydrogens is 272 g/mol. The van der Waals surface area contributed by atoms with Gasteiger partial charge in [-0.15, -0.1) is 0 Å². The number of hydrogen-bond acceptors (Lipinski definition) is 2. The number of ketones is 1. The van der Waals surface area contributed by atoms with Crippen LogP contribution < -0.4 is 5.32 Å². The Morgan fingerprint density at radius 1 is 1.14 bits per heavy atom. The highest BCUT2D eigenvalue weighted by Crippen LogP contribution is 2.23. The number of hydrogen-bond donors (Lipinski definition) is 1. The molecule has 1 N–H and O–H groups in total. The lowest BCUT2D eigenvalue weighted by molar-refractivity contribution is 0.101. The zero-order valence-corrected chi connectivity index (χ0v) is 14.3. The van der Waals surface area contributed by atoms with Crippen molar-refractivity contribution in [3.05, 3.63) is 52.3 Å². The standard InChI is InChI=1S/C19H26N2O/c1-6-15-9-8-10-16(7-2)19(15)20-12-18(22)17-11-13(3)21(5)14(17)4/h8-11,20H,6-7,12H2,1-5H3. The fourth-order valence-corrected chi connectivity index (χ4v) is 2.87. The van der Waals surface area contributed by atoms with Gasteiger partial charge < -0.3 is 9.88 Å².